The molecule has 2 bridgehead atoms. The molecule has 2 saturated heterocycles. The molecule has 2 N–H and O–H groups in total. The molecular formula is C17H24N2O2. The molecule has 0 saturated carbocycles. The maximum atomic E-state index is 6.18. The number of benzene rings is 1. The van der Waals surface area contributed by atoms with E-state index >= 15 is 0 Å². The Bertz CT molecular complexity index is 520. The van der Waals surface area contributed by atoms with E-state index in [0.717, 1.165) is 24.3 Å². The maximum absolute atomic E-state index is 6.18. The Hall–Kier alpha value is -1.26. The lowest BCUT2D eigenvalue weighted by molar-refractivity contribution is 0.0849. The maximum Gasteiger partial charge on any atom is 0.161 e. The zero-order valence-electron chi connectivity index (χ0n) is 12.6. The van der Waals surface area contributed by atoms with Gasteiger partial charge in [0.1, 0.15) is 13.2 Å². The van der Waals surface area contributed by atoms with Gasteiger partial charge in [-0.05, 0) is 50.3 Å². The van der Waals surface area contributed by atoms with Gasteiger partial charge in [-0.3, -0.25) is 4.90 Å². The third-order valence-corrected chi connectivity index (χ3v) is 5.32. The van der Waals surface area contributed by atoms with Gasteiger partial charge in [0.15, 0.2) is 11.5 Å². The first-order valence-electron chi connectivity index (χ1n) is 8.15. The number of fused-ring (bicyclic) bond motifs is 3. The average molecular weight is 288 g/mol. The van der Waals surface area contributed by atoms with Crippen molar-refractivity contribution in [3.63, 3.8) is 0 Å². The van der Waals surface area contributed by atoms with Crippen molar-refractivity contribution in [1.82, 2.24) is 4.90 Å². The van der Waals surface area contributed by atoms with Crippen LogP contribution in [0.3, 0.4) is 0 Å². The quantitative estimate of drug-likeness (QED) is 0.908. The monoisotopic (exact) mass is 288 g/mol. The lowest BCUT2D eigenvalue weighted by Crippen LogP contribution is -2.48. The second-order valence-electron chi connectivity index (χ2n) is 6.64. The molecule has 21 heavy (non-hydrogen) atoms. The standard InChI is InChI=1S/C17H24N2O2/c1-11(19-14-3-4-15(19)10-13(18)9-14)12-2-5-16-17(8-12)21-7-6-20-16/h2,5,8,11,13-15H,3-4,6-7,9-10,18H2,1H3. The Morgan fingerprint density at radius 2 is 1.76 bits per heavy atom. The van der Waals surface area contributed by atoms with Crippen molar-refractivity contribution in [2.24, 2.45) is 5.73 Å². The van der Waals surface area contributed by atoms with E-state index in [1.54, 1.807) is 0 Å². The number of hydrogen-bond donors (Lipinski definition) is 1. The van der Waals surface area contributed by atoms with Crippen LogP contribution >= 0.6 is 0 Å². The fourth-order valence-corrected chi connectivity index (χ4v) is 4.38. The summed E-state index contributed by atoms with van der Waals surface area (Å²) in [6.07, 6.45) is 4.89. The van der Waals surface area contributed by atoms with Gasteiger partial charge >= 0.3 is 0 Å². The molecule has 0 amide bonds. The van der Waals surface area contributed by atoms with Gasteiger partial charge in [-0.1, -0.05) is 6.07 Å². The summed E-state index contributed by atoms with van der Waals surface area (Å²) in [7, 11) is 0. The first-order chi connectivity index (χ1) is 10.2. The van der Waals surface area contributed by atoms with Crippen LogP contribution in [0.1, 0.15) is 44.2 Å². The Labute approximate surface area is 126 Å². The van der Waals surface area contributed by atoms with Gasteiger partial charge in [0.25, 0.3) is 0 Å². The Morgan fingerprint density at radius 1 is 1.10 bits per heavy atom. The van der Waals surface area contributed by atoms with Gasteiger partial charge in [-0.25, -0.2) is 0 Å². The molecule has 0 radical (unpaired) electrons. The van der Waals surface area contributed by atoms with E-state index in [1.165, 1.54) is 18.4 Å². The minimum atomic E-state index is 0.395. The molecule has 0 aromatic heterocycles. The van der Waals surface area contributed by atoms with Gasteiger partial charge in [-0.2, -0.15) is 0 Å². The highest BCUT2D eigenvalue weighted by Crippen LogP contribution is 2.42. The highest BCUT2D eigenvalue weighted by Gasteiger charge is 2.42. The van der Waals surface area contributed by atoms with Gasteiger partial charge in [0.05, 0.1) is 0 Å². The predicted molar refractivity (Wildman–Crippen MR) is 81.7 cm³/mol. The number of piperidine rings is 1. The fraction of sp³-hybridized carbons (Fsp3) is 0.647. The Kier molecular flexibility index (Phi) is 3.31. The first-order valence-corrected chi connectivity index (χ1v) is 8.15. The van der Waals surface area contributed by atoms with Crippen molar-refractivity contribution in [3.05, 3.63) is 23.8 Å². The lowest BCUT2D eigenvalue weighted by Gasteiger charge is -2.42. The smallest absolute Gasteiger partial charge is 0.161 e. The van der Waals surface area contributed by atoms with Crippen LogP contribution in [0.25, 0.3) is 0 Å². The molecule has 4 heteroatoms. The number of rotatable bonds is 2. The summed E-state index contributed by atoms with van der Waals surface area (Å²) in [5.41, 5.74) is 7.51. The van der Waals surface area contributed by atoms with E-state index in [-0.39, 0.29) is 0 Å². The number of nitrogens with zero attached hydrogens (tertiary/aromatic N) is 1. The highest BCUT2D eigenvalue weighted by molar-refractivity contribution is 5.44. The van der Waals surface area contributed by atoms with Crippen LogP contribution in [0.2, 0.25) is 0 Å². The molecular weight excluding hydrogens is 264 g/mol. The molecule has 2 fully saturated rings. The van der Waals surface area contributed by atoms with E-state index in [4.69, 9.17) is 15.2 Å². The minimum Gasteiger partial charge on any atom is -0.486 e. The third kappa shape index (κ3) is 2.30. The summed E-state index contributed by atoms with van der Waals surface area (Å²) < 4.78 is 11.3. The molecule has 3 aliphatic rings. The highest BCUT2D eigenvalue weighted by atomic mass is 16.6. The van der Waals surface area contributed by atoms with Crippen molar-refractivity contribution in [1.29, 1.82) is 0 Å². The fourth-order valence-electron chi connectivity index (χ4n) is 4.38. The van der Waals surface area contributed by atoms with Crippen LogP contribution in [0.5, 0.6) is 11.5 Å². The van der Waals surface area contributed by atoms with Crippen LogP contribution in [0, 0.1) is 0 Å². The topological polar surface area (TPSA) is 47.7 Å². The summed E-state index contributed by atoms with van der Waals surface area (Å²) in [5.74, 6) is 1.77. The molecule has 4 nitrogen and oxygen atoms in total. The van der Waals surface area contributed by atoms with E-state index in [1.807, 2.05) is 0 Å². The first kappa shape index (κ1) is 13.4. The molecule has 3 aliphatic heterocycles. The third-order valence-electron chi connectivity index (χ3n) is 5.32. The summed E-state index contributed by atoms with van der Waals surface area (Å²) in [6.45, 7) is 3.61. The van der Waals surface area contributed by atoms with E-state index < -0.39 is 0 Å². The van der Waals surface area contributed by atoms with Crippen LogP contribution in [-0.4, -0.2) is 36.2 Å². The van der Waals surface area contributed by atoms with Crippen LogP contribution in [-0.2, 0) is 0 Å². The zero-order valence-corrected chi connectivity index (χ0v) is 12.6. The van der Waals surface area contributed by atoms with Crippen LogP contribution < -0.4 is 15.2 Å². The zero-order chi connectivity index (χ0) is 14.4. The summed E-state index contributed by atoms with van der Waals surface area (Å²) in [6, 6.07) is 8.53. The normalized spacial score (nSPS) is 33.0. The molecule has 0 spiro atoms. The molecule has 3 heterocycles. The SMILES string of the molecule is CC(c1ccc2c(c1)OCCO2)N1C2CCC1CC(N)C2. The molecule has 1 aromatic rings. The number of hydrogen-bond acceptors (Lipinski definition) is 4. The Morgan fingerprint density at radius 3 is 2.48 bits per heavy atom. The van der Waals surface area contributed by atoms with Gasteiger partial charge in [-0.15, -0.1) is 0 Å². The van der Waals surface area contributed by atoms with Crippen molar-refractivity contribution in [2.45, 2.75) is 56.8 Å². The molecule has 3 unspecified atom stereocenters. The lowest BCUT2D eigenvalue weighted by atomic mass is 9.94. The van der Waals surface area contributed by atoms with Gasteiger partial charge < -0.3 is 15.2 Å². The van der Waals surface area contributed by atoms with E-state index in [0.29, 0.717) is 37.4 Å². The molecule has 0 aliphatic carbocycles. The van der Waals surface area contributed by atoms with E-state index in [2.05, 4.69) is 30.0 Å². The predicted octanol–water partition coefficient (Wildman–Crippen LogP) is 2.47. The van der Waals surface area contributed by atoms with Crippen molar-refractivity contribution in [2.75, 3.05) is 13.2 Å². The summed E-state index contributed by atoms with van der Waals surface area (Å²) in [4.78, 5) is 2.69. The number of ether oxygens (including phenoxy) is 2. The largest absolute Gasteiger partial charge is 0.486 e. The van der Waals surface area contributed by atoms with Crippen molar-refractivity contribution in [3.8, 4) is 11.5 Å². The van der Waals surface area contributed by atoms with Crippen molar-refractivity contribution >= 4 is 0 Å². The second kappa shape index (κ2) is 5.18. The second-order valence-corrected chi connectivity index (χ2v) is 6.64. The summed E-state index contributed by atoms with van der Waals surface area (Å²) >= 11 is 0. The Balaban J connectivity index is 1.59. The molecule has 1 aromatic carbocycles. The van der Waals surface area contributed by atoms with Crippen LogP contribution in [0.4, 0.5) is 0 Å². The number of nitrogens with two attached hydrogens (primary N) is 1. The van der Waals surface area contributed by atoms with Crippen LogP contribution in [0.15, 0.2) is 18.2 Å². The minimum absolute atomic E-state index is 0.395. The summed E-state index contributed by atoms with van der Waals surface area (Å²) in [5, 5.41) is 0. The van der Waals surface area contributed by atoms with E-state index in [9.17, 15) is 0 Å². The molecule has 114 valence electrons. The van der Waals surface area contributed by atoms with Gasteiger partial charge in [0, 0.05) is 24.2 Å². The molecule has 3 atom stereocenters. The average Bonchev–Trinajstić information content (AvgIpc) is 2.78. The van der Waals surface area contributed by atoms with Gasteiger partial charge in [0.2, 0.25) is 0 Å². The molecule has 4 rings (SSSR count). The van der Waals surface area contributed by atoms with Crippen molar-refractivity contribution < 1.29 is 9.47 Å².